The summed E-state index contributed by atoms with van der Waals surface area (Å²) in [7, 11) is 0. The van der Waals surface area contributed by atoms with E-state index in [1.165, 1.54) is 0 Å². The van der Waals surface area contributed by atoms with Crippen LogP contribution < -0.4 is 0 Å². The molecule has 0 spiro atoms. The van der Waals surface area contributed by atoms with Gasteiger partial charge in [-0.25, -0.2) is 0 Å². The summed E-state index contributed by atoms with van der Waals surface area (Å²) in [5.74, 6) is 1.27. The van der Waals surface area contributed by atoms with E-state index in [0.717, 1.165) is 46.8 Å². The number of nitrogens with zero attached hydrogens (tertiary/aromatic N) is 3. The van der Waals surface area contributed by atoms with E-state index in [4.69, 9.17) is 16.1 Å². The number of benzene rings is 1. The molecule has 2 heterocycles. The molecule has 0 aliphatic rings. The zero-order valence-corrected chi connectivity index (χ0v) is 13.0. The van der Waals surface area contributed by atoms with Gasteiger partial charge in [-0.3, -0.25) is 4.98 Å². The lowest BCUT2D eigenvalue weighted by atomic mass is 10.1. The molecular weight excluding hydrogens is 298 g/mol. The van der Waals surface area contributed by atoms with Crippen molar-refractivity contribution in [2.45, 2.75) is 26.2 Å². The molecule has 0 saturated heterocycles. The predicted molar refractivity (Wildman–Crippen MR) is 85.7 cm³/mol. The molecule has 0 saturated carbocycles. The largest absolute Gasteiger partial charge is 0.334 e. The van der Waals surface area contributed by atoms with Crippen LogP contribution in [-0.4, -0.2) is 15.1 Å². The molecule has 0 amide bonds. The maximum Gasteiger partial charge on any atom is 0.258 e. The van der Waals surface area contributed by atoms with E-state index in [1.807, 2.05) is 37.3 Å². The number of hydrogen-bond acceptors (Lipinski definition) is 4. The van der Waals surface area contributed by atoms with Crippen molar-refractivity contribution in [1.29, 1.82) is 0 Å². The summed E-state index contributed by atoms with van der Waals surface area (Å²) in [6, 6.07) is 9.78. The van der Waals surface area contributed by atoms with Crippen molar-refractivity contribution in [2.75, 3.05) is 0 Å². The molecular formula is C17H16ClN3O. The molecule has 3 rings (SSSR count). The van der Waals surface area contributed by atoms with Gasteiger partial charge in [-0.1, -0.05) is 35.0 Å². The van der Waals surface area contributed by atoms with Crippen molar-refractivity contribution in [3.05, 3.63) is 64.7 Å². The van der Waals surface area contributed by atoms with Gasteiger partial charge in [0.1, 0.15) is 0 Å². The molecule has 0 unspecified atom stereocenters. The van der Waals surface area contributed by atoms with Crippen LogP contribution in [0.15, 0.2) is 47.2 Å². The van der Waals surface area contributed by atoms with Crippen molar-refractivity contribution in [3.63, 3.8) is 0 Å². The van der Waals surface area contributed by atoms with Crippen LogP contribution >= 0.6 is 11.6 Å². The standard InChI is InChI=1S/C17H16ClN3O/c1-12-11-19-10-9-14(12)17-20-16(21-22-17)8-4-6-13-5-2-3-7-15(13)18/h2-3,5,7,9-11H,4,6,8H2,1H3. The average Bonchev–Trinajstić information content (AvgIpc) is 2.98. The highest BCUT2D eigenvalue weighted by molar-refractivity contribution is 6.31. The van der Waals surface area contributed by atoms with Gasteiger partial charge in [0.25, 0.3) is 5.89 Å². The number of aryl methyl sites for hydroxylation is 3. The monoisotopic (exact) mass is 313 g/mol. The highest BCUT2D eigenvalue weighted by Gasteiger charge is 2.11. The second-order valence-electron chi connectivity index (χ2n) is 5.15. The van der Waals surface area contributed by atoms with Gasteiger partial charge >= 0.3 is 0 Å². The van der Waals surface area contributed by atoms with Crippen molar-refractivity contribution in [3.8, 4) is 11.5 Å². The zero-order chi connectivity index (χ0) is 15.4. The summed E-state index contributed by atoms with van der Waals surface area (Å²) < 4.78 is 5.34. The average molecular weight is 314 g/mol. The molecule has 0 atom stereocenters. The van der Waals surface area contributed by atoms with Crippen molar-refractivity contribution >= 4 is 11.6 Å². The number of rotatable bonds is 5. The first-order chi connectivity index (χ1) is 10.7. The van der Waals surface area contributed by atoms with Crippen molar-refractivity contribution in [2.24, 2.45) is 0 Å². The smallest absolute Gasteiger partial charge is 0.258 e. The Kier molecular flexibility index (Phi) is 4.49. The van der Waals surface area contributed by atoms with Gasteiger partial charge in [0.2, 0.25) is 0 Å². The van der Waals surface area contributed by atoms with Gasteiger partial charge < -0.3 is 4.52 Å². The Bertz CT molecular complexity index is 770. The SMILES string of the molecule is Cc1cnccc1-c1nc(CCCc2ccccc2Cl)no1. The quantitative estimate of drug-likeness (QED) is 0.706. The van der Waals surface area contributed by atoms with E-state index >= 15 is 0 Å². The normalized spacial score (nSPS) is 10.8. The number of hydrogen-bond donors (Lipinski definition) is 0. The molecule has 0 fully saturated rings. The third-order valence-electron chi connectivity index (χ3n) is 3.52. The Morgan fingerprint density at radius 3 is 2.82 bits per heavy atom. The van der Waals surface area contributed by atoms with Gasteiger partial charge in [0.15, 0.2) is 5.82 Å². The minimum Gasteiger partial charge on any atom is -0.334 e. The summed E-state index contributed by atoms with van der Waals surface area (Å²) in [6.45, 7) is 1.98. The van der Waals surface area contributed by atoms with Crippen LogP contribution in [0.1, 0.15) is 23.4 Å². The summed E-state index contributed by atoms with van der Waals surface area (Å²) in [4.78, 5) is 8.52. The summed E-state index contributed by atoms with van der Waals surface area (Å²) >= 11 is 6.15. The van der Waals surface area contributed by atoms with Crippen LogP contribution in [0.25, 0.3) is 11.5 Å². The van der Waals surface area contributed by atoms with Gasteiger partial charge in [0.05, 0.1) is 0 Å². The Morgan fingerprint density at radius 1 is 1.14 bits per heavy atom. The topological polar surface area (TPSA) is 51.8 Å². The molecule has 3 aromatic rings. The first-order valence-electron chi connectivity index (χ1n) is 7.21. The molecule has 0 aliphatic carbocycles. The van der Waals surface area contributed by atoms with Crippen LogP contribution in [0.3, 0.4) is 0 Å². The fraction of sp³-hybridized carbons (Fsp3) is 0.235. The fourth-order valence-electron chi connectivity index (χ4n) is 2.32. The van der Waals surface area contributed by atoms with Gasteiger partial charge in [-0.05, 0) is 43.0 Å². The van der Waals surface area contributed by atoms with Crippen LogP contribution in [-0.2, 0) is 12.8 Å². The Labute approximate surface area is 134 Å². The summed E-state index contributed by atoms with van der Waals surface area (Å²) in [6.07, 6.45) is 6.11. The fourth-order valence-corrected chi connectivity index (χ4v) is 2.55. The molecule has 2 aromatic heterocycles. The molecule has 0 bridgehead atoms. The summed E-state index contributed by atoms with van der Waals surface area (Å²) in [5, 5.41) is 4.86. The summed E-state index contributed by atoms with van der Waals surface area (Å²) in [5.41, 5.74) is 3.10. The molecule has 0 radical (unpaired) electrons. The molecule has 5 heteroatoms. The van der Waals surface area contributed by atoms with Crippen LogP contribution in [0, 0.1) is 6.92 Å². The molecule has 0 aliphatic heterocycles. The highest BCUT2D eigenvalue weighted by atomic mass is 35.5. The van der Waals surface area contributed by atoms with E-state index < -0.39 is 0 Å². The van der Waals surface area contributed by atoms with Crippen LogP contribution in [0.5, 0.6) is 0 Å². The second kappa shape index (κ2) is 6.71. The number of aromatic nitrogens is 3. The maximum absolute atomic E-state index is 6.15. The van der Waals surface area contributed by atoms with Gasteiger partial charge in [0, 0.05) is 29.4 Å². The third-order valence-corrected chi connectivity index (χ3v) is 3.89. The molecule has 1 aromatic carbocycles. The Balaban J connectivity index is 1.63. The van der Waals surface area contributed by atoms with E-state index in [9.17, 15) is 0 Å². The second-order valence-corrected chi connectivity index (χ2v) is 5.56. The van der Waals surface area contributed by atoms with Crippen molar-refractivity contribution in [1.82, 2.24) is 15.1 Å². The Hall–Kier alpha value is -2.20. The number of pyridine rings is 1. The lowest BCUT2D eigenvalue weighted by molar-refractivity contribution is 0.421. The van der Waals surface area contributed by atoms with Crippen molar-refractivity contribution < 1.29 is 4.52 Å². The molecule has 0 N–H and O–H groups in total. The minimum atomic E-state index is 0.549. The lowest BCUT2D eigenvalue weighted by Gasteiger charge is -2.01. The van der Waals surface area contributed by atoms with E-state index in [2.05, 4.69) is 15.1 Å². The van der Waals surface area contributed by atoms with E-state index in [0.29, 0.717) is 5.89 Å². The molecule has 4 nitrogen and oxygen atoms in total. The van der Waals surface area contributed by atoms with E-state index in [1.54, 1.807) is 12.4 Å². The molecule has 112 valence electrons. The number of halogens is 1. The molecule has 22 heavy (non-hydrogen) atoms. The predicted octanol–water partition coefficient (Wildman–Crippen LogP) is 4.27. The lowest BCUT2D eigenvalue weighted by Crippen LogP contribution is -1.93. The zero-order valence-electron chi connectivity index (χ0n) is 12.3. The van der Waals surface area contributed by atoms with Gasteiger partial charge in [-0.2, -0.15) is 4.98 Å². The minimum absolute atomic E-state index is 0.549. The van der Waals surface area contributed by atoms with Crippen LogP contribution in [0.4, 0.5) is 0 Å². The first-order valence-corrected chi connectivity index (χ1v) is 7.59. The van der Waals surface area contributed by atoms with Gasteiger partial charge in [-0.15, -0.1) is 0 Å². The Morgan fingerprint density at radius 2 is 2.00 bits per heavy atom. The first kappa shape index (κ1) is 14.7. The van der Waals surface area contributed by atoms with Crippen LogP contribution in [0.2, 0.25) is 5.02 Å². The highest BCUT2D eigenvalue weighted by Crippen LogP contribution is 2.21. The third kappa shape index (κ3) is 3.34. The van der Waals surface area contributed by atoms with E-state index in [-0.39, 0.29) is 0 Å². The maximum atomic E-state index is 6.15.